The third-order valence-corrected chi connectivity index (χ3v) is 7.23. The molecule has 3 aliphatic rings. The molecule has 1 heterocycles. The zero-order valence-corrected chi connectivity index (χ0v) is 17.9. The van der Waals surface area contributed by atoms with Crippen molar-refractivity contribution in [1.82, 2.24) is 0 Å². The zero-order valence-electron chi connectivity index (χ0n) is 17.9. The topological polar surface area (TPSA) is 83.8 Å². The van der Waals surface area contributed by atoms with Gasteiger partial charge in [0.05, 0.1) is 18.6 Å². The number of esters is 1. The number of Topliss-reactive ketones (excluding diaryl/α,β-unsaturated/α-hetero) is 1. The Bertz CT molecular complexity index is 666. The highest BCUT2D eigenvalue weighted by Gasteiger charge is 2.41. The number of cyclic esters (lactones) is 1. The van der Waals surface area contributed by atoms with Crippen molar-refractivity contribution in [2.24, 2.45) is 29.6 Å². The van der Waals surface area contributed by atoms with E-state index in [4.69, 9.17) is 4.74 Å². The van der Waals surface area contributed by atoms with Crippen LogP contribution < -0.4 is 0 Å². The van der Waals surface area contributed by atoms with Crippen LogP contribution in [0.4, 0.5) is 0 Å². The molecule has 0 spiro atoms. The van der Waals surface area contributed by atoms with Crippen molar-refractivity contribution >= 4 is 11.8 Å². The lowest BCUT2D eigenvalue weighted by Crippen LogP contribution is -2.39. The fourth-order valence-corrected chi connectivity index (χ4v) is 5.38. The lowest BCUT2D eigenvalue weighted by atomic mass is 9.62. The Labute approximate surface area is 174 Å². The van der Waals surface area contributed by atoms with E-state index < -0.39 is 12.2 Å². The minimum Gasteiger partial charge on any atom is -0.462 e. The van der Waals surface area contributed by atoms with Crippen molar-refractivity contribution in [3.05, 3.63) is 23.8 Å². The van der Waals surface area contributed by atoms with Crippen LogP contribution in [0.3, 0.4) is 0 Å². The highest BCUT2D eigenvalue weighted by Crippen LogP contribution is 2.47. The molecule has 5 nitrogen and oxygen atoms in total. The molecule has 0 amide bonds. The van der Waals surface area contributed by atoms with E-state index in [1.54, 1.807) is 0 Å². The van der Waals surface area contributed by atoms with Gasteiger partial charge in [-0.15, -0.1) is 0 Å². The molecule has 1 aliphatic heterocycles. The first-order valence-electron chi connectivity index (χ1n) is 11.3. The first-order chi connectivity index (χ1) is 13.8. The maximum Gasteiger partial charge on any atom is 0.308 e. The number of carbonyl (C=O) groups is 2. The lowest BCUT2D eigenvalue weighted by Gasteiger charge is -2.44. The van der Waals surface area contributed by atoms with Crippen LogP contribution in [0.25, 0.3) is 0 Å². The Morgan fingerprint density at radius 1 is 1.28 bits per heavy atom. The molecule has 0 aromatic rings. The van der Waals surface area contributed by atoms with Gasteiger partial charge >= 0.3 is 5.97 Å². The van der Waals surface area contributed by atoms with Gasteiger partial charge in [-0.1, -0.05) is 39.0 Å². The van der Waals surface area contributed by atoms with Gasteiger partial charge in [-0.25, -0.2) is 0 Å². The molecule has 0 radical (unpaired) electrons. The first-order valence-corrected chi connectivity index (χ1v) is 11.3. The van der Waals surface area contributed by atoms with Gasteiger partial charge in [-0.05, 0) is 54.9 Å². The van der Waals surface area contributed by atoms with Gasteiger partial charge in [-0.3, -0.25) is 9.59 Å². The molecule has 1 fully saturated rings. The van der Waals surface area contributed by atoms with Gasteiger partial charge in [0.15, 0.2) is 0 Å². The van der Waals surface area contributed by atoms with Crippen molar-refractivity contribution in [1.29, 1.82) is 0 Å². The summed E-state index contributed by atoms with van der Waals surface area (Å²) >= 11 is 0. The summed E-state index contributed by atoms with van der Waals surface area (Å²) in [5.74, 6) is 1.11. The summed E-state index contributed by atoms with van der Waals surface area (Å²) in [7, 11) is 0. The van der Waals surface area contributed by atoms with Gasteiger partial charge in [0.25, 0.3) is 0 Å². The Morgan fingerprint density at radius 3 is 2.72 bits per heavy atom. The van der Waals surface area contributed by atoms with Gasteiger partial charge in [0.2, 0.25) is 0 Å². The van der Waals surface area contributed by atoms with Crippen LogP contribution in [0, 0.1) is 29.6 Å². The molecule has 8 atom stereocenters. The molecule has 0 bridgehead atoms. The van der Waals surface area contributed by atoms with Crippen molar-refractivity contribution in [2.75, 3.05) is 0 Å². The number of fused-ring (bicyclic) bond motifs is 1. The summed E-state index contributed by atoms with van der Waals surface area (Å²) in [6.45, 7) is 6.23. The maximum atomic E-state index is 12.7. The molecular formula is C24H36O5. The summed E-state index contributed by atoms with van der Waals surface area (Å²) in [5, 5.41) is 20.3. The molecule has 0 aromatic carbocycles. The van der Waals surface area contributed by atoms with Crippen LogP contribution >= 0.6 is 0 Å². The van der Waals surface area contributed by atoms with Crippen molar-refractivity contribution in [3.63, 3.8) is 0 Å². The normalized spacial score (nSPS) is 38.0. The van der Waals surface area contributed by atoms with Crippen molar-refractivity contribution in [3.8, 4) is 0 Å². The second kappa shape index (κ2) is 9.57. The van der Waals surface area contributed by atoms with Crippen LogP contribution in [0.5, 0.6) is 0 Å². The number of aliphatic hydroxyl groups excluding tert-OH is 2. The Kier molecular flexibility index (Phi) is 7.33. The largest absolute Gasteiger partial charge is 0.462 e. The average molecular weight is 405 g/mol. The molecule has 29 heavy (non-hydrogen) atoms. The van der Waals surface area contributed by atoms with E-state index in [9.17, 15) is 19.8 Å². The maximum absolute atomic E-state index is 12.7. The van der Waals surface area contributed by atoms with Crippen molar-refractivity contribution < 1.29 is 24.5 Å². The van der Waals surface area contributed by atoms with E-state index in [0.29, 0.717) is 31.1 Å². The summed E-state index contributed by atoms with van der Waals surface area (Å²) in [4.78, 5) is 24.3. The number of hydrogen-bond donors (Lipinski definition) is 2. The molecule has 3 rings (SSSR count). The van der Waals surface area contributed by atoms with Gasteiger partial charge < -0.3 is 14.9 Å². The molecule has 2 N–H and O–H groups in total. The van der Waals surface area contributed by atoms with Crippen LogP contribution in [-0.4, -0.2) is 40.3 Å². The summed E-state index contributed by atoms with van der Waals surface area (Å²) < 4.78 is 5.45. The van der Waals surface area contributed by atoms with Crippen LogP contribution in [0.2, 0.25) is 0 Å². The van der Waals surface area contributed by atoms with E-state index in [1.165, 1.54) is 0 Å². The molecule has 2 aliphatic carbocycles. The number of carbonyl (C=O) groups excluding carboxylic acids is 2. The summed E-state index contributed by atoms with van der Waals surface area (Å²) in [6, 6.07) is 0. The zero-order chi connectivity index (χ0) is 21.1. The Morgan fingerprint density at radius 2 is 2.03 bits per heavy atom. The summed E-state index contributed by atoms with van der Waals surface area (Å²) in [5.41, 5.74) is 1.15. The van der Waals surface area contributed by atoms with E-state index >= 15 is 0 Å². The molecule has 162 valence electrons. The predicted octanol–water partition coefficient (Wildman–Crippen LogP) is 3.58. The highest BCUT2D eigenvalue weighted by atomic mass is 16.5. The fraction of sp³-hybridized carbons (Fsp3) is 0.750. The third-order valence-electron chi connectivity index (χ3n) is 7.23. The number of ketones is 1. The molecule has 0 aromatic heterocycles. The number of aliphatic hydroxyl groups is 2. The van der Waals surface area contributed by atoms with E-state index in [2.05, 4.69) is 19.1 Å². The van der Waals surface area contributed by atoms with E-state index in [0.717, 1.165) is 24.8 Å². The highest BCUT2D eigenvalue weighted by molar-refractivity contribution is 5.81. The lowest BCUT2D eigenvalue weighted by molar-refractivity contribution is -0.160. The standard InChI is InChI=1S/C24H36O5/c1-4-14(2)22(27)11-17-10-18(25)9-16-6-5-15(3)21(24(16)17)8-7-20-12-19(26)13-23(28)29-20/h5-6,9,14-15,17-21,24-26H,4,7-8,10-13H2,1-3H3. The second-order valence-electron chi connectivity index (χ2n) is 9.40. The van der Waals surface area contributed by atoms with Crippen molar-refractivity contribution in [2.45, 2.75) is 84.0 Å². The Balaban J connectivity index is 1.74. The Hall–Kier alpha value is -1.46. The monoisotopic (exact) mass is 404 g/mol. The van der Waals surface area contributed by atoms with Crippen LogP contribution in [-0.2, 0) is 14.3 Å². The second-order valence-corrected chi connectivity index (χ2v) is 9.40. The number of allylic oxidation sites excluding steroid dienone is 3. The number of rotatable bonds is 7. The molecule has 8 unspecified atom stereocenters. The summed E-state index contributed by atoms with van der Waals surface area (Å²) in [6.07, 6.45) is 9.13. The minimum absolute atomic E-state index is 0.0552. The average Bonchev–Trinajstić information content (AvgIpc) is 2.65. The minimum atomic E-state index is -0.605. The number of ether oxygens (including phenoxy) is 1. The smallest absolute Gasteiger partial charge is 0.308 e. The van der Waals surface area contributed by atoms with Crippen LogP contribution in [0.1, 0.15) is 65.7 Å². The SMILES string of the molecule is CCC(C)C(=O)CC1CC(O)C=C2C=CC(C)C(CCC3CC(O)CC(=O)O3)C21. The van der Waals surface area contributed by atoms with E-state index in [1.807, 2.05) is 19.9 Å². The van der Waals surface area contributed by atoms with Gasteiger partial charge in [0, 0.05) is 18.8 Å². The quantitative estimate of drug-likeness (QED) is 0.634. The predicted molar refractivity (Wildman–Crippen MR) is 111 cm³/mol. The molecule has 0 saturated carbocycles. The third kappa shape index (κ3) is 5.37. The molecule has 1 saturated heterocycles. The van der Waals surface area contributed by atoms with E-state index in [-0.39, 0.29) is 42.0 Å². The van der Waals surface area contributed by atoms with Gasteiger partial charge in [-0.2, -0.15) is 0 Å². The van der Waals surface area contributed by atoms with Crippen LogP contribution in [0.15, 0.2) is 23.8 Å². The number of hydrogen-bond acceptors (Lipinski definition) is 5. The molecule has 5 heteroatoms. The fourth-order valence-electron chi connectivity index (χ4n) is 5.38. The molecular weight excluding hydrogens is 368 g/mol. The first kappa shape index (κ1) is 22.2. The van der Waals surface area contributed by atoms with Gasteiger partial charge in [0.1, 0.15) is 11.9 Å².